The maximum absolute atomic E-state index is 12.4. The summed E-state index contributed by atoms with van der Waals surface area (Å²) >= 11 is 0. The minimum atomic E-state index is -4.77. The van der Waals surface area contributed by atoms with Gasteiger partial charge in [-0.2, -0.15) is 13.2 Å². The van der Waals surface area contributed by atoms with Crippen LogP contribution in [-0.4, -0.2) is 41.0 Å². The summed E-state index contributed by atoms with van der Waals surface area (Å²) in [6.07, 6.45) is -6.58. The third kappa shape index (κ3) is 6.75. The Hall–Kier alpha value is -1.64. The second-order valence-corrected chi connectivity index (χ2v) is 4.73. The molecule has 0 spiro atoms. The van der Waals surface area contributed by atoms with Gasteiger partial charge in [0.1, 0.15) is 6.04 Å². The molecule has 0 aromatic heterocycles. The highest BCUT2D eigenvalue weighted by atomic mass is 19.4. The van der Waals surface area contributed by atoms with Crippen molar-refractivity contribution in [3.8, 4) is 0 Å². The Balaban J connectivity index is 5.25. The van der Waals surface area contributed by atoms with Crippen molar-refractivity contribution in [1.82, 2.24) is 5.06 Å². The second kappa shape index (κ2) is 6.00. The van der Waals surface area contributed by atoms with E-state index in [-0.39, 0.29) is 11.5 Å². The number of halogens is 3. The van der Waals surface area contributed by atoms with Gasteiger partial charge in [0.25, 0.3) is 5.91 Å². The summed E-state index contributed by atoms with van der Waals surface area (Å²) in [5.74, 6) is -3.12. The third-order valence-electron chi connectivity index (χ3n) is 1.76. The summed E-state index contributed by atoms with van der Waals surface area (Å²) in [5, 5.41) is 0.167. The molecule has 6 nitrogen and oxygen atoms in total. The van der Waals surface area contributed by atoms with E-state index >= 15 is 0 Å². The average Bonchev–Trinajstić information content (AvgIpc) is 2.19. The first-order chi connectivity index (χ1) is 8.37. The number of nitrogens with zero attached hydrogens (tertiary/aromatic N) is 1. The molecule has 2 amide bonds. The molecule has 0 heterocycles. The lowest BCUT2D eigenvalue weighted by molar-refractivity contribution is -0.244. The Bertz CT molecular complexity index is 363. The summed E-state index contributed by atoms with van der Waals surface area (Å²) in [4.78, 5) is 37.7. The van der Waals surface area contributed by atoms with Crippen LogP contribution in [0.15, 0.2) is 0 Å². The van der Waals surface area contributed by atoms with Crippen LogP contribution in [0.4, 0.5) is 13.2 Å². The maximum atomic E-state index is 12.4. The minimum absolute atomic E-state index is 0.0947. The lowest BCUT2D eigenvalue weighted by atomic mass is 10.1. The number of hydrogen-bond acceptors (Lipinski definition) is 4. The Labute approximate surface area is 107 Å². The normalized spacial score (nSPS) is 13.8. The fraction of sp³-hybridized carbons (Fsp3) is 0.700. The third-order valence-corrected chi connectivity index (χ3v) is 1.76. The van der Waals surface area contributed by atoms with Crippen molar-refractivity contribution < 1.29 is 32.4 Å². The molecule has 0 aromatic carbocycles. The van der Waals surface area contributed by atoms with Crippen molar-refractivity contribution in [2.75, 3.05) is 0 Å². The number of carbonyl (C=O) groups is 3. The van der Waals surface area contributed by atoms with Crippen LogP contribution in [0.1, 0.15) is 27.2 Å². The molecule has 0 saturated heterocycles. The zero-order chi connectivity index (χ0) is 15.4. The van der Waals surface area contributed by atoms with Crippen molar-refractivity contribution in [3.05, 3.63) is 0 Å². The fourth-order valence-corrected chi connectivity index (χ4v) is 1.16. The molecule has 0 bridgehead atoms. The van der Waals surface area contributed by atoms with Crippen molar-refractivity contribution in [2.45, 2.75) is 45.0 Å². The van der Waals surface area contributed by atoms with Gasteiger partial charge in [-0.15, -0.1) is 0 Å². The monoisotopic (exact) mass is 284 g/mol. The summed E-state index contributed by atoms with van der Waals surface area (Å²) in [7, 11) is 0. The van der Waals surface area contributed by atoms with E-state index in [1.54, 1.807) is 0 Å². The molecule has 1 unspecified atom stereocenters. The molecule has 0 fully saturated rings. The number of hydroxylamine groups is 2. The minimum Gasteiger partial charge on any atom is -0.363 e. The smallest absolute Gasteiger partial charge is 0.363 e. The van der Waals surface area contributed by atoms with Crippen molar-refractivity contribution in [3.63, 3.8) is 0 Å². The highest BCUT2D eigenvalue weighted by Gasteiger charge is 2.41. The number of rotatable bonds is 6. The maximum Gasteiger partial charge on any atom is 0.391 e. The Morgan fingerprint density at radius 2 is 1.79 bits per heavy atom. The highest BCUT2D eigenvalue weighted by molar-refractivity contribution is 6.37. The topological polar surface area (TPSA) is 89.7 Å². The van der Waals surface area contributed by atoms with E-state index in [9.17, 15) is 27.6 Å². The van der Waals surface area contributed by atoms with Gasteiger partial charge in [0.15, 0.2) is 0 Å². The van der Waals surface area contributed by atoms with Gasteiger partial charge >= 0.3 is 6.18 Å². The van der Waals surface area contributed by atoms with Gasteiger partial charge in [-0.05, 0) is 20.8 Å². The van der Waals surface area contributed by atoms with Crippen molar-refractivity contribution in [1.29, 1.82) is 0 Å². The Morgan fingerprint density at radius 1 is 1.32 bits per heavy atom. The lowest BCUT2D eigenvalue weighted by Gasteiger charge is -2.31. The van der Waals surface area contributed by atoms with Crippen molar-refractivity contribution in [2.24, 2.45) is 5.73 Å². The molecule has 0 saturated carbocycles. The largest absolute Gasteiger partial charge is 0.391 e. The van der Waals surface area contributed by atoms with Crippen LogP contribution in [-0.2, 0) is 19.2 Å². The number of Topliss-reactive ketones (excluding diaryl/α,β-unsaturated/α-hetero) is 1. The summed E-state index contributed by atoms with van der Waals surface area (Å²) < 4.78 is 37.1. The molecule has 110 valence electrons. The van der Waals surface area contributed by atoms with E-state index in [1.807, 2.05) is 0 Å². The Morgan fingerprint density at radius 3 is 2.05 bits per heavy atom. The van der Waals surface area contributed by atoms with Crippen LogP contribution in [0, 0.1) is 0 Å². The number of carbonyl (C=O) groups excluding carboxylic acids is 3. The molecule has 0 radical (unpaired) electrons. The van der Waals surface area contributed by atoms with E-state index in [1.165, 1.54) is 20.8 Å². The number of primary amides is 1. The first kappa shape index (κ1) is 17.4. The molecule has 0 rings (SSSR count). The van der Waals surface area contributed by atoms with Crippen LogP contribution in [0.25, 0.3) is 0 Å². The van der Waals surface area contributed by atoms with Crippen LogP contribution in [0.2, 0.25) is 0 Å². The number of hydrogen-bond donors (Lipinski definition) is 1. The van der Waals surface area contributed by atoms with Gasteiger partial charge in [0, 0.05) is 0 Å². The Kier molecular flexibility index (Phi) is 5.48. The van der Waals surface area contributed by atoms with E-state index < -0.39 is 35.9 Å². The van der Waals surface area contributed by atoms with Crippen LogP contribution >= 0.6 is 0 Å². The average molecular weight is 284 g/mol. The zero-order valence-corrected chi connectivity index (χ0v) is 10.7. The number of ketones is 1. The summed E-state index contributed by atoms with van der Waals surface area (Å²) in [5.41, 5.74) is 3.63. The molecule has 19 heavy (non-hydrogen) atoms. The second-order valence-electron chi connectivity index (χ2n) is 4.73. The van der Waals surface area contributed by atoms with Crippen LogP contribution < -0.4 is 5.73 Å². The predicted octanol–water partition coefficient (Wildman–Crippen LogP) is 0.550. The van der Waals surface area contributed by atoms with Gasteiger partial charge in [-0.3, -0.25) is 19.2 Å². The van der Waals surface area contributed by atoms with Crippen molar-refractivity contribution >= 4 is 18.1 Å². The standard InChI is InChI=1S/C10H15F3N2O4/c1-9(2,3)19-15(5-16)6(4-10(11,12)13)7(17)8(14)18/h5-6H,4H2,1-3H3,(H2,14,18). The highest BCUT2D eigenvalue weighted by Crippen LogP contribution is 2.25. The number of amides is 2. The molecule has 0 aromatic rings. The predicted molar refractivity (Wildman–Crippen MR) is 57.4 cm³/mol. The molecular weight excluding hydrogens is 269 g/mol. The number of nitrogens with two attached hydrogens (primary N) is 1. The SMILES string of the molecule is CC(C)(C)ON(C=O)C(CC(F)(F)F)C(=O)C(N)=O. The zero-order valence-electron chi connectivity index (χ0n) is 10.7. The van der Waals surface area contributed by atoms with E-state index in [0.717, 1.165) is 0 Å². The molecule has 0 aliphatic carbocycles. The van der Waals surface area contributed by atoms with E-state index in [4.69, 9.17) is 4.84 Å². The first-order valence-electron chi connectivity index (χ1n) is 5.20. The fourth-order valence-electron chi connectivity index (χ4n) is 1.16. The molecule has 0 aliphatic heterocycles. The van der Waals surface area contributed by atoms with Crippen LogP contribution in [0.5, 0.6) is 0 Å². The van der Waals surface area contributed by atoms with E-state index in [2.05, 4.69) is 5.73 Å². The molecule has 1 atom stereocenters. The van der Waals surface area contributed by atoms with Gasteiger partial charge in [0.2, 0.25) is 12.2 Å². The van der Waals surface area contributed by atoms with Gasteiger partial charge < -0.3 is 5.73 Å². The molecule has 9 heteroatoms. The van der Waals surface area contributed by atoms with Gasteiger partial charge in [-0.1, -0.05) is 0 Å². The van der Waals surface area contributed by atoms with Crippen LogP contribution in [0.3, 0.4) is 0 Å². The van der Waals surface area contributed by atoms with E-state index in [0.29, 0.717) is 0 Å². The molecule has 0 aliphatic rings. The van der Waals surface area contributed by atoms with Gasteiger partial charge in [0.05, 0.1) is 12.0 Å². The number of alkyl halides is 3. The molecule has 2 N–H and O–H groups in total. The first-order valence-corrected chi connectivity index (χ1v) is 5.20. The summed E-state index contributed by atoms with van der Waals surface area (Å²) in [6, 6.07) is -2.13. The van der Waals surface area contributed by atoms with Gasteiger partial charge in [-0.25, -0.2) is 5.06 Å². The molecular formula is C10H15F3N2O4. The quantitative estimate of drug-likeness (QED) is 0.438. The lowest BCUT2D eigenvalue weighted by Crippen LogP contribution is -2.50. The summed E-state index contributed by atoms with van der Waals surface area (Å²) in [6.45, 7) is 4.38.